The highest BCUT2D eigenvalue weighted by atomic mass is 19.4. The first-order chi connectivity index (χ1) is 8.33. The Balaban J connectivity index is 2.57. The van der Waals surface area contributed by atoms with Crippen molar-refractivity contribution in [1.29, 1.82) is 0 Å². The molecule has 0 bridgehead atoms. The summed E-state index contributed by atoms with van der Waals surface area (Å²) in [6.07, 6.45) is -5.71. The van der Waals surface area contributed by atoms with Gasteiger partial charge in [-0.05, 0) is 6.42 Å². The fourth-order valence-corrected chi connectivity index (χ4v) is 1.09. The van der Waals surface area contributed by atoms with Gasteiger partial charge in [-0.15, -0.1) is 0 Å². The lowest BCUT2D eigenvalue weighted by Crippen LogP contribution is -2.13. The Hall–Kier alpha value is -1.64. The smallest absolute Gasteiger partial charge is 0.389 e. The van der Waals surface area contributed by atoms with Gasteiger partial charge in [0.25, 0.3) is 5.88 Å². The van der Waals surface area contributed by atoms with E-state index < -0.39 is 35.9 Å². The largest absolute Gasteiger partial charge is 0.476 e. The summed E-state index contributed by atoms with van der Waals surface area (Å²) in [5.74, 6) is 1.70. The summed E-state index contributed by atoms with van der Waals surface area (Å²) in [6, 6.07) is 0.473. The van der Waals surface area contributed by atoms with Crippen molar-refractivity contribution in [2.45, 2.75) is 19.0 Å². The Morgan fingerprint density at radius 2 is 1.94 bits per heavy atom. The van der Waals surface area contributed by atoms with Crippen LogP contribution in [-0.4, -0.2) is 17.8 Å². The molecule has 0 fully saturated rings. The average molecular weight is 271 g/mol. The van der Waals surface area contributed by atoms with Crippen molar-refractivity contribution in [1.82, 2.24) is 4.98 Å². The van der Waals surface area contributed by atoms with Crippen molar-refractivity contribution in [3.05, 3.63) is 17.7 Å². The fraction of sp³-hybridized carbons (Fsp3) is 0.444. The number of aromatic nitrogens is 1. The number of nitrogen functional groups attached to an aromatic ring is 1. The molecule has 0 saturated heterocycles. The number of hydrazine groups is 1. The van der Waals surface area contributed by atoms with Crippen molar-refractivity contribution in [3.8, 4) is 5.88 Å². The molecular formula is C9H10F5N3O. The van der Waals surface area contributed by atoms with Gasteiger partial charge in [0.1, 0.15) is 0 Å². The van der Waals surface area contributed by atoms with Crippen LogP contribution in [0.25, 0.3) is 0 Å². The van der Waals surface area contributed by atoms with Gasteiger partial charge < -0.3 is 10.2 Å². The van der Waals surface area contributed by atoms with Gasteiger partial charge in [-0.3, -0.25) is 0 Å². The second-order valence-corrected chi connectivity index (χ2v) is 3.32. The van der Waals surface area contributed by atoms with Gasteiger partial charge in [0, 0.05) is 12.5 Å². The van der Waals surface area contributed by atoms with E-state index in [1.54, 1.807) is 0 Å². The van der Waals surface area contributed by atoms with Gasteiger partial charge in [-0.1, -0.05) is 0 Å². The second-order valence-electron chi connectivity index (χ2n) is 3.32. The molecule has 4 nitrogen and oxygen atoms in total. The minimum absolute atomic E-state index is 0.354. The zero-order valence-corrected chi connectivity index (χ0v) is 9.02. The predicted octanol–water partition coefficient (Wildman–Crippen LogP) is 2.37. The van der Waals surface area contributed by atoms with E-state index in [4.69, 9.17) is 5.84 Å². The predicted molar refractivity (Wildman–Crippen MR) is 52.7 cm³/mol. The van der Waals surface area contributed by atoms with Gasteiger partial charge in [0.05, 0.1) is 6.61 Å². The Kier molecular flexibility index (Phi) is 4.65. The Bertz CT molecular complexity index is 410. The first-order valence-electron chi connectivity index (χ1n) is 4.85. The summed E-state index contributed by atoms with van der Waals surface area (Å²) in [7, 11) is 0. The number of pyridine rings is 1. The molecule has 1 aromatic heterocycles. The first-order valence-corrected chi connectivity index (χ1v) is 4.85. The number of halogens is 5. The normalized spacial score (nSPS) is 11.4. The van der Waals surface area contributed by atoms with E-state index in [1.807, 2.05) is 5.43 Å². The van der Waals surface area contributed by atoms with Crippen LogP contribution in [0.2, 0.25) is 0 Å². The van der Waals surface area contributed by atoms with E-state index in [9.17, 15) is 22.0 Å². The number of anilines is 1. The second kappa shape index (κ2) is 5.80. The Labute approximate surface area is 98.9 Å². The SMILES string of the molecule is NNc1nc(OCCCC(F)(F)F)c(F)cc1F. The van der Waals surface area contributed by atoms with E-state index in [2.05, 4.69) is 9.72 Å². The maximum absolute atomic E-state index is 13.1. The highest BCUT2D eigenvalue weighted by Crippen LogP contribution is 2.23. The van der Waals surface area contributed by atoms with E-state index in [1.165, 1.54) is 0 Å². The van der Waals surface area contributed by atoms with E-state index in [0.29, 0.717) is 6.07 Å². The van der Waals surface area contributed by atoms with Crippen molar-refractivity contribution >= 4 is 5.82 Å². The minimum atomic E-state index is -4.30. The number of alkyl halides is 3. The van der Waals surface area contributed by atoms with Crippen molar-refractivity contribution in [2.75, 3.05) is 12.0 Å². The molecule has 0 amide bonds. The zero-order valence-electron chi connectivity index (χ0n) is 9.02. The summed E-state index contributed by atoms with van der Waals surface area (Å²) in [5, 5.41) is 0. The van der Waals surface area contributed by atoms with E-state index in [0.717, 1.165) is 0 Å². The number of nitrogens with zero attached hydrogens (tertiary/aromatic N) is 1. The number of ether oxygens (including phenoxy) is 1. The van der Waals surface area contributed by atoms with Crippen LogP contribution >= 0.6 is 0 Å². The maximum Gasteiger partial charge on any atom is 0.389 e. The van der Waals surface area contributed by atoms with Crippen molar-refractivity contribution in [2.24, 2.45) is 5.84 Å². The average Bonchev–Trinajstić information content (AvgIpc) is 2.25. The van der Waals surface area contributed by atoms with Crippen LogP contribution in [0.1, 0.15) is 12.8 Å². The van der Waals surface area contributed by atoms with Crippen LogP contribution in [0.15, 0.2) is 6.07 Å². The number of hydrogen-bond acceptors (Lipinski definition) is 4. The highest BCUT2D eigenvalue weighted by molar-refractivity contribution is 5.38. The summed E-state index contributed by atoms with van der Waals surface area (Å²) in [4.78, 5) is 3.33. The van der Waals surface area contributed by atoms with Crippen LogP contribution < -0.4 is 16.0 Å². The van der Waals surface area contributed by atoms with Crippen LogP contribution in [0.3, 0.4) is 0 Å². The van der Waals surface area contributed by atoms with Gasteiger partial charge >= 0.3 is 6.18 Å². The topological polar surface area (TPSA) is 60.2 Å². The molecule has 0 spiro atoms. The maximum atomic E-state index is 13.1. The first kappa shape index (κ1) is 14.4. The molecule has 0 radical (unpaired) electrons. The minimum Gasteiger partial charge on any atom is -0.476 e. The quantitative estimate of drug-likeness (QED) is 0.373. The monoisotopic (exact) mass is 271 g/mol. The lowest BCUT2D eigenvalue weighted by molar-refractivity contribution is -0.136. The number of hydrogen-bond donors (Lipinski definition) is 2. The molecule has 1 rings (SSSR count). The molecule has 0 unspecified atom stereocenters. The van der Waals surface area contributed by atoms with Gasteiger partial charge in [-0.2, -0.15) is 18.2 Å². The highest BCUT2D eigenvalue weighted by Gasteiger charge is 2.26. The molecule has 102 valence electrons. The van der Waals surface area contributed by atoms with Gasteiger partial charge in [-0.25, -0.2) is 14.6 Å². The van der Waals surface area contributed by atoms with E-state index >= 15 is 0 Å². The van der Waals surface area contributed by atoms with Crippen molar-refractivity contribution < 1.29 is 26.7 Å². The third-order valence-electron chi connectivity index (χ3n) is 1.88. The number of nitrogens with two attached hydrogens (primary N) is 1. The molecule has 0 saturated carbocycles. The molecule has 3 N–H and O–H groups in total. The third-order valence-corrected chi connectivity index (χ3v) is 1.88. The molecular weight excluding hydrogens is 261 g/mol. The van der Waals surface area contributed by atoms with Gasteiger partial charge in [0.2, 0.25) is 0 Å². The molecule has 1 heterocycles. The van der Waals surface area contributed by atoms with Crippen LogP contribution in [0, 0.1) is 11.6 Å². The molecule has 1 aromatic rings. The summed E-state index contributed by atoms with van der Waals surface area (Å²) >= 11 is 0. The molecule has 0 aromatic carbocycles. The molecule has 0 aliphatic carbocycles. The van der Waals surface area contributed by atoms with Crippen LogP contribution in [0.5, 0.6) is 5.88 Å². The van der Waals surface area contributed by atoms with Crippen LogP contribution in [-0.2, 0) is 0 Å². The van der Waals surface area contributed by atoms with Crippen LogP contribution in [0.4, 0.5) is 27.8 Å². The fourth-order valence-electron chi connectivity index (χ4n) is 1.09. The molecule has 0 atom stereocenters. The number of nitrogens with one attached hydrogen (secondary N) is 1. The third kappa shape index (κ3) is 4.32. The molecule has 9 heteroatoms. The lowest BCUT2D eigenvalue weighted by Gasteiger charge is -2.09. The Morgan fingerprint density at radius 1 is 1.28 bits per heavy atom. The summed E-state index contributed by atoms with van der Waals surface area (Å²) in [6.45, 7) is -0.390. The summed E-state index contributed by atoms with van der Waals surface area (Å²) in [5.41, 5.74) is 1.86. The molecule has 0 aliphatic rings. The summed E-state index contributed by atoms with van der Waals surface area (Å²) < 4.78 is 66.2. The Morgan fingerprint density at radius 3 is 2.50 bits per heavy atom. The van der Waals surface area contributed by atoms with Crippen molar-refractivity contribution in [3.63, 3.8) is 0 Å². The van der Waals surface area contributed by atoms with Gasteiger partial charge in [0.15, 0.2) is 17.5 Å². The van der Waals surface area contributed by atoms with E-state index in [-0.39, 0.29) is 13.0 Å². The number of rotatable bonds is 5. The zero-order chi connectivity index (χ0) is 13.8. The lowest BCUT2D eigenvalue weighted by atomic mass is 10.3. The molecule has 18 heavy (non-hydrogen) atoms. The molecule has 0 aliphatic heterocycles. The standard InChI is InChI=1S/C9H10F5N3O/c10-5-4-6(11)8(16-7(5)17-15)18-3-1-2-9(12,13)14/h4H,1-3,15H2,(H,16,17).